The lowest BCUT2D eigenvalue weighted by atomic mass is 9.98. The van der Waals surface area contributed by atoms with Gasteiger partial charge in [0.15, 0.2) is 0 Å². The van der Waals surface area contributed by atoms with Crippen LogP contribution < -0.4 is 10.2 Å². The Labute approximate surface area is 175 Å². The summed E-state index contributed by atoms with van der Waals surface area (Å²) in [6.45, 7) is 5.98. The van der Waals surface area contributed by atoms with Gasteiger partial charge in [-0.1, -0.05) is 12.1 Å². The van der Waals surface area contributed by atoms with Crippen LogP contribution in [0, 0.1) is 0 Å². The predicted molar refractivity (Wildman–Crippen MR) is 121 cm³/mol. The average Bonchev–Trinajstić information content (AvgIpc) is 2.79. The largest absolute Gasteiger partial charge is 0.345 e. The molecule has 2 aliphatic rings. The summed E-state index contributed by atoms with van der Waals surface area (Å²) in [5.41, 5.74) is 3.71. The van der Waals surface area contributed by atoms with Crippen LogP contribution in [0.4, 0.5) is 11.4 Å². The number of hydrogen-bond donors (Lipinski definition) is 1. The van der Waals surface area contributed by atoms with Crippen molar-refractivity contribution in [3.63, 3.8) is 0 Å². The molecule has 2 aromatic rings. The van der Waals surface area contributed by atoms with Crippen LogP contribution in [0.2, 0.25) is 0 Å². The third-order valence-electron chi connectivity index (χ3n) is 6.70. The van der Waals surface area contributed by atoms with Gasteiger partial charge in [-0.05, 0) is 88.7 Å². The summed E-state index contributed by atoms with van der Waals surface area (Å²) in [4.78, 5) is 11.5. The lowest BCUT2D eigenvalue weighted by Gasteiger charge is -2.41. The summed E-state index contributed by atoms with van der Waals surface area (Å²) in [6, 6.07) is 14.4. The Morgan fingerprint density at radius 3 is 2.17 bits per heavy atom. The van der Waals surface area contributed by atoms with Crippen molar-refractivity contribution in [3.05, 3.63) is 54.4 Å². The van der Waals surface area contributed by atoms with Gasteiger partial charge in [-0.15, -0.1) is 0 Å². The number of nitrogens with one attached hydrogen (secondary N) is 1. The van der Waals surface area contributed by atoms with E-state index in [1.54, 1.807) is 0 Å². The Bertz CT molecular complexity index is 732. The van der Waals surface area contributed by atoms with Crippen LogP contribution in [0.5, 0.6) is 0 Å². The van der Waals surface area contributed by atoms with E-state index in [2.05, 4.69) is 63.4 Å². The maximum atomic E-state index is 4.10. The average molecular weight is 394 g/mol. The quantitative estimate of drug-likeness (QED) is 0.813. The molecule has 0 saturated carbocycles. The second kappa shape index (κ2) is 9.70. The van der Waals surface area contributed by atoms with Gasteiger partial charge in [0.25, 0.3) is 0 Å². The summed E-state index contributed by atoms with van der Waals surface area (Å²) < 4.78 is 0. The van der Waals surface area contributed by atoms with Gasteiger partial charge >= 0.3 is 0 Å². The van der Waals surface area contributed by atoms with Crippen molar-refractivity contribution in [1.29, 1.82) is 0 Å². The van der Waals surface area contributed by atoms with E-state index in [0.29, 0.717) is 6.04 Å². The van der Waals surface area contributed by atoms with E-state index in [9.17, 15) is 0 Å². The zero-order valence-electron chi connectivity index (χ0n) is 17.9. The first-order valence-electron chi connectivity index (χ1n) is 11.1. The monoisotopic (exact) mass is 393 g/mol. The third-order valence-corrected chi connectivity index (χ3v) is 6.70. The molecule has 0 radical (unpaired) electrons. The minimum Gasteiger partial charge on any atom is -0.345 e. The standard InChI is InChI=1S/C24H35N5/c1-27-15-11-24(12-16-27)29-17-9-21(10-18-29)26-19-20-3-5-22(6-4-20)28(2)23-7-13-25-14-8-23/h3-8,13-14,21,24,26H,9-12,15-19H2,1-2H3. The predicted octanol–water partition coefficient (Wildman–Crippen LogP) is 3.50. The van der Waals surface area contributed by atoms with Crippen molar-refractivity contribution in [3.8, 4) is 0 Å². The summed E-state index contributed by atoms with van der Waals surface area (Å²) >= 11 is 0. The lowest BCUT2D eigenvalue weighted by molar-refractivity contribution is 0.0921. The van der Waals surface area contributed by atoms with Crippen molar-refractivity contribution in [1.82, 2.24) is 20.1 Å². The van der Waals surface area contributed by atoms with Gasteiger partial charge in [0.2, 0.25) is 0 Å². The van der Waals surface area contributed by atoms with Crippen molar-refractivity contribution >= 4 is 11.4 Å². The lowest BCUT2D eigenvalue weighted by Crippen LogP contribution is -2.49. The first-order chi connectivity index (χ1) is 14.2. The highest BCUT2D eigenvalue weighted by Crippen LogP contribution is 2.23. The Morgan fingerprint density at radius 1 is 0.897 bits per heavy atom. The van der Waals surface area contributed by atoms with Gasteiger partial charge in [0, 0.05) is 49.4 Å². The fourth-order valence-corrected chi connectivity index (χ4v) is 4.65. The molecule has 0 spiro atoms. The van der Waals surface area contributed by atoms with Crippen LogP contribution >= 0.6 is 0 Å². The van der Waals surface area contributed by atoms with E-state index >= 15 is 0 Å². The van der Waals surface area contributed by atoms with Gasteiger partial charge in [-0.3, -0.25) is 4.98 Å². The molecule has 5 nitrogen and oxygen atoms in total. The molecular weight excluding hydrogens is 358 g/mol. The van der Waals surface area contributed by atoms with Gasteiger partial charge in [-0.2, -0.15) is 0 Å². The van der Waals surface area contributed by atoms with E-state index in [1.807, 2.05) is 24.5 Å². The van der Waals surface area contributed by atoms with E-state index < -0.39 is 0 Å². The van der Waals surface area contributed by atoms with E-state index in [4.69, 9.17) is 0 Å². The van der Waals surface area contributed by atoms with Gasteiger partial charge in [0.05, 0.1) is 0 Å². The highest BCUT2D eigenvalue weighted by Gasteiger charge is 2.27. The molecule has 2 aliphatic heterocycles. The molecule has 1 N–H and O–H groups in total. The smallest absolute Gasteiger partial charge is 0.0438 e. The number of piperidine rings is 2. The zero-order valence-corrected chi connectivity index (χ0v) is 17.9. The Balaban J connectivity index is 1.22. The molecule has 1 aromatic carbocycles. The first-order valence-corrected chi connectivity index (χ1v) is 11.1. The number of aromatic nitrogens is 1. The minimum atomic E-state index is 0.650. The van der Waals surface area contributed by atoms with Gasteiger partial charge in [-0.25, -0.2) is 0 Å². The molecule has 4 rings (SSSR count). The van der Waals surface area contributed by atoms with Gasteiger partial charge in [0.1, 0.15) is 0 Å². The molecule has 5 heteroatoms. The third kappa shape index (κ3) is 5.35. The second-order valence-electron chi connectivity index (χ2n) is 8.66. The van der Waals surface area contributed by atoms with E-state index in [1.165, 1.54) is 63.1 Å². The second-order valence-corrected chi connectivity index (χ2v) is 8.66. The van der Waals surface area contributed by atoms with Crippen LogP contribution in [-0.2, 0) is 6.54 Å². The summed E-state index contributed by atoms with van der Waals surface area (Å²) in [5, 5.41) is 3.79. The maximum absolute atomic E-state index is 4.10. The number of benzene rings is 1. The van der Waals surface area contributed by atoms with Crippen LogP contribution in [0.25, 0.3) is 0 Å². The molecule has 29 heavy (non-hydrogen) atoms. The van der Waals surface area contributed by atoms with Gasteiger partial charge < -0.3 is 20.0 Å². The highest BCUT2D eigenvalue weighted by molar-refractivity contribution is 5.61. The number of nitrogens with zero attached hydrogens (tertiary/aromatic N) is 4. The number of anilines is 2. The SMILES string of the molecule is CN1CCC(N2CCC(NCc3ccc(N(C)c4ccncc4)cc3)CC2)CC1. The van der Waals surface area contributed by atoms with E-state index in [-0.39, 0.29) is 0 Å². The minimum absolute atomic E-state index is 0.650. The normalized spacial score (nSPS) is 20.1. The van der Waals surface area contributed by atoms with E-state index in [0.717, 1.165) is 18.3 Å². The fraction of sp³-hybridized carbons (Fsp3) is 0.542. The van der Waals surface area contributed by atoms with Crippen LogP contribution in [0.15, 0.2) is 48.8 Å². The van der Waals surface area contributed by atoms with Crippen molar-refractivity contribution in [2.75, 3.05) is 45.2 Å². The first kappa shape index (κ1) is 20.3. The Hall–Kier alpha value is -1.95. The Kier molecular flexibility index (Phi) is 6.80. The molecule has 0 atom stereocenters. The Morgan fingerprint density at radius 2 is 1.52 bits per heavy atom. The van der Waals surface area contributed by atoms with Crippen molar-refractivity contribution in [2.45, 2.75) is 44.3 Å². The van der Waals surface area contributed by atoms with Crippen LogP contribution in [0.3, 0.4) is 0 Å². The molecule has 1 aromatic heterocycles. The summed E-state index contributed by atoms with van der Waals surface area (Å²) in [5.74, 6) is 0. The van der Waals surface area contributed by atoms with Crippen molar-refractivity contribution < 1.29 is 0 Å². The zero-order chi connectivity index (χ0) is 20.1. The maximum Gasteiger partial charge on any atom is 0.0438 e. The fourth-order valence-electron chi connectivity index (χ4n) is 4.65. The topological polar surface area (TPSA) is 34.6 Å². The number of likely N-dealkylation sites (tertiary alicyclic amines) is 2. The molecule has 2 saturated heterocycles. The number of hydrogen-bond acceptors (Lipinski definition) is 5. The van der Waals surface area contributed by atoms with Crippen molar-refractivity contribution in [2.24, 2.45) is 0 Å². The molecular formula is C24H35N5. The summed E-state index contributed by atoms with van der Waals surface area (Å²) in [6.07, 6.45) is 8.90. The van der Waals surface area contributed by atoms with Crippen LogP contribution in [0.1, 0.15) is 31.2 Å². The number of rotatable bonds is 6. The summed E-state index contributed by atoms with van der Waals surface area (Å²) in [7, 11) is 4.34. The molecule has 3 heterocycles. The molecule has 156 valence electrons. The molecule has 0 bridgehead atoms. The number of pyridine rings is 1. The molecule has 0 aliphatic carbocycles. The molecule has 0 unspecified atom stereocenters. The molecule has 2 fully saturated rings. The highest BCUT2D eigenvalue weighted by atomic mass is 15.2. The molecule has 0 amide bonds. The van der Waals surface area contributed by atoms with Crippen LogP contribution in [-0.4, -0.2) is 67.1 Å².